The Bertz CT molecular complexity index is 882. The smallest absolute Gasteiger partial charge is 0.257 e. The molecule has 25 heavy (non-hydrogen) atoms. The van der Waals surface area contributed by atoms with E-state index in [1.807, 2.05) is 12.1 Å². The predicted octanol–water partition coefficient (Wildman–Crippen LogP) is 4.15. The number of azo groups is 1. The lowest BCUT2D eigenvalue weighted by Crippen LogP contribution is -2.12. The van der Waals surface area contributed by atoms with E-state index in [2.05, 4.69) is 25.5 Å². The van der Waals surface area contributed by atoms with Crippen molar-refractivity contribution in [2.75, 3.05) is 12.4 Å². The van der Waals surface area contributed by atoms with Gasteiger partial charge in [0.25, 0.3) is 5.91 Å². The summed E-state index contributed by atoms with van der Waals surface area (Å²) in [5.41, 5.74) is 1.58. The standard InChI is InChI=1S/C18H15N5O2/c1-25-16-11-14(22-23-17-6-2-3-10-20-17)7-8-15(16)21-18(24)13-5-4-9-19-12-13/h2-12H,1H3,(H,21,24)/b23-22-. The average Bonchev–Trinajstić information content (AvgIpc) is 2.68. The highest BCUT2D eigenvalue weighted by Crippen LogP contribution is 2.30. The summed E-state index contributed by atoms with van der Waals surface area (Å²) in [5.74, 6) is 0.722. The lowest BCUT2D eigenvalue weighted by atomic mass is 10.2. The molecule has 0 saturated heterocycles. The van der Waals surface area contributed by atoms with E-state index < -0.39 is 0 Å². The Labute approximate surface area is 144 Å². The van der Waals surface area contributed by atoms with Gasteiger partial charge in [-0.3, -0.25) is 9.78 Å². The average molecular weight is 333 g/mol. The fourth-order valence-electron chi connectivity index (χ4n) is 2.06. The van der Waals surface area contributed by atoms with Crippen molar-refractivity contribution in [1.82, 2.24) is 9.97 Å². The molecular weight excluding hydrogens is 318 g/mol. The van der Waals surface area contributed by atoms with Crippen LogP contribution in [0.5, 0.6) is 5.75 Å². The van der Waals surface area contributed by atoms with E-state index in [9.17, 15) is 4.79 Å². The Hall–Kier alpha value is -3.61. The maximum absolute atomic E-state index is 12.2. The number of amides is 1. The number of methoxy groups -OCH3 is 1. The Kier molecular flexibility index (Phi) is 5.06. The van der Waals surface area contributed by atoms with Gasteiger partial charge in [-0.05, 0) is 36.4 Å². The van der Waals surface area contributed by atoms with Crippen LogP contribution < -0.4 is 10.1 Å². The number of nitrogens with one attached hydrogen (secondary N) is 1. The zero-order chi connectivity index (χ0) is 17.5. The molecule has 0 spiro atoms. The van der Waals surface area contributed by atoms with Crippen molar-refractivity contribution in [3.05, 3.63) is 72.7 Å². The van der Waals surface area contributed by atoms with Gasteiger partial charge >= 0.3 is 0 Å². The van der Waals surface area contributed by atoms with Crippen LogP contribution in [-0.2, 0) is 0 Å². The number of anilines is 1. The molecule has 0 bridgehead atoms. The number of carbonyl (C=O) groups excluding carboxylic acids is 1. The highest BCUT2D eigenvalue weighted by Gasteiger charge is 2.10. The number of nitrogens with zero attached hydrogens (tertiary/aromatic N) is 4. The summed E-state index contributed by atoms with van der Waals surface area (Å²) in [6, 6.07) is 13.9. The lowest BCUT2D eigenvalue weighted by molar-refractivity contribution is 0.102. The van der Waals surface area contributed by atoms with Gasteiger partial charge in [0.2, 0.25) is 0 Å². The number of aromatic nitrogens is 2. The van der Waals surface area contributed by atoms with Crippen LogP contribution in [0.3, 0.4) is 0 Å². The molecule has 7 heteroatoms. The zero-order valence-corrected chi connectivity index (χ0v) is 13.5. The minimum atomic E-state index is -0.269. The number of ether oxygens (including phenoxy) is 1. The normalized spacial score (nSPS) is 10.6. The molecule has 0 aliphatic heterocycles. The third-order valence-corrected chi connectivity index (χ3v) is 3.27. The maximum Gasteiger partial charge on any atom is 0.257 e. The van der Waals surface area contributed by atoms with Crippen molar-refractivity contribution < 1.29 is 9.53 Å². The van der Waals surface area contributed by atoms with Crippen molar-refractivity contribution in [3.8, 4) is 5.75 Å². The first-order valence-electron chi connectivity index (χ1n) is 7.48. The summed E-state index contributed by atoms with van der Waals surface area (Å²) >= 11 is 0. The van der Waals surface area contributed by atoms with E-state index in [0.29, 0.717) is 28.5 Å². The van der Waals surface area contributed by atoms with Gasteiger partial charge in [-0.15, -0.1) is 10.2 Å². The first-order chi connectivity index (χ1) is 12.3. The molecule has 0 atom stereocenters. The van der Waals surface area contributed by atoms with Gasteiger partial charge in [0, 0.05) is 24.7 Å². The lowest BCUT2D eigenvalue weighted by Gasteiger charge is -2.10. The monoisotopic (exact) mass is 333 g/mol. The van der Waals surface area contributed by atoms with Crippen molar-refractivity contribution in [2.45, 2.75) is 0 Å². The minimum absolute atomic E-state index is 0.269. The van der Waals surface area contributed by atoms with Crippen molar-refractivity contribution in [1.29, 1.82) is 0 Å². The fourth-order valence-corrected chi connectivity index (χ4v) is 2.06. The summed E-state index contributed by atoms with van der Waals surface area (Å²) in [5, 5.41) is 11.0. The summed E-state index contributed by atoms with van der Waals surface area (Å²) in [4.78, 5) is 20.2. The first kappa shape index (κ1) is 16.3. The highest BCUT2D eigenvalue weighted by molar-refractivity contribution is 6.04. The molecule has 1 amide bonds. The van der Waals surface area contributed by atoms with Crippen molar-refractivity contribution in [2.24, 2.45) is 10.2 Å². The Morgan fingerprint density at radius 3 is 2.72 bits per heavy atom. The van der Waals surface area contributed by atoms with Crippen LogP contribution in [0.25, 0.3) is 0 Å². The van der Waals surface area contributed by atoms with Crippen LogP contribution in [0.15, 0.2) is 77.3 Å². The molecule has 2 heterocycles. The molecule has 0 saturated carbocycles. The van der Waals surface area contributed by atoms with Crippen LogP contribution >= 0.6 is 0 Å². The summed E-state index contributed by atoms with van der Waals surface area (Å²) in [6.45, 7) is 0. The largest absolute Gasteiger partial charge is 0.494 e. The molecule has 3 rings (SSSR count). The van der Waals surface area contributed by atoms with Crippen LogP contribution in [0.1, 0.15) is 10.4 Å². The van der Waals surface area contributed by atoms with Crippen LogP contribution in [0.2, 0.25) is 0 Å². The Morgan fingerprint density at radius 2 is 2.00 bits per heavy atom. The van der Waals surface area contributed by atoms with Gasteiger partial charge in [-0.25, -0.2) is 4.98 Å². The molecule has 7 nitrogen and oxygen atoms in total. The predicted molar refractivity (Wildman–Crippen MR) is 93.6 cm³/mol. The molecule has 0 unspecified atom stereocenters. The third kappa shape index (κ3) is 4.23. The van der Waals surface area contributed by atoms with Gasteiger partial charge < -0.3 is 10.1 Å². The number of benzene rings is 1. The SMILES string of the molecule is COc1cc(/N=N\c2ccccn2)ccc1NC(=O)c1cccnc1. The van der Waals surface area contributed by atoms with Crippen LogP contribution in [0, 0.1) is 0 Å². The molecule has 3 aromatic rings. The van der Waals surface area contributed by atoms with Gasteiger partial charge in [-0.2, -0.15) is 0 Å². The van der Waals surface area contributed by atoms with Crippen LogP contribution in [0.4, 0.5) is 17.2 Å². The van der Waals surface area contributed by atoms with E-state index in [1.54, 1.807) is 48.8 Å². The van der Waals surface area contributed by atoms with E-state index in [0.717, 1.165) is 0 Å². The minimum Gasteiger partial charge on any atom is -0.494 e. The summed E-state index contributed by atoms with van der Waals surface area (Å²) in [6.07, 6.45) is 4.75. The topological polar surface area (TPSA) is 88.8 Å². The summed E-state index contributed by atoms with van der Waals surface area (Å²) in [7, 11) is 1.52. The molecule has 0 aliphatic rings. The number of hydrogen-bond acceptors (Lipinski definition) is 6. The Balaban J connectivity index is 1.78. The van der Waals surface area contributed by atoms with E-state index >= 15 is 0 Å². The molecule has 2 aromatic heterocycles. The quantitative estimate of drug-likeness (QED) is 0.710. The summed E-state index contributed by atoms with van der Waals surface area (Å²) < 4.78 is 5.33. The van der Waals surface area contributed by atoms with Gasteiger partial charge in [0.05, 0.1) is 24.0 Å². The Morgan fingerprint density at radius 1 is 1.08 bits per heavy atom. The first-order valence-corrected chi connectivity index (χ1v) is 7.48. The van der Waals surface area contributed by atoms with Gasteiger partial charge in [-0.1, -0.05) is 6.07 Å². The number of hydrogen-bond donors (Lipinski definition) is 1. The number of carbonyl (C=O) groups is 1. The van der Waals surface area contributed by atoms with Crippen molar-refractivity contribution >= 4 is 23.1 Å². The molecule has 1 aromatic carbocycles. The highest BCUT2D eigenvalue weighted by atomic mass is 16.5. The molecule has 0 fully saturated rings. The zero-order valence-electron chi connectivity index (χ0n) is 13.5. The molecule has 0 aliphatic carbocycles. The molecule has 1 N–H and O–H groups in total. The van der Waals surface area contributed by atoms with E-state index in [1.165, 1.54) is 13.3 Å². The molecule has 0 radical (unpaired) electrons. The second-order valence-electron chi connectivity index (χ2n) is 4.97. The van der Waals surface area contributed by atoms with Gasteiger partial charge in [0.15, 0.2) is 5.82 Å². The molecule has 124 valence electrons. The van der Waals surface area contributed by atoms with Crippen molar-refractivity contribution in [3.63, 3.8) is 0 Å². The number of rotatable bonds is 5. The van der Waals surface area contributed by atoms with Crippen LogP contribution in [-0.4, -0.2) is 23.0 Å². The second-order valence-corrected chi connectivity index (χ2v) is 4.97. The second kappa shape index (κ2) is 7.78. The van der Waals surface area contributed by atoms with E-state index in [-0.39, 0.29) is 5.91 Å². The maximum atomic E-state index is 12.2. The van der Waals surface area contributed by atoms with E-state index in [4.69, 9.17) is 4.74 Å². The molecular formula is C18H15N5O2. The fraction of sp³-hybridized carbons (Fsp3) is 0.0556. The van der Waals surface area contributed by atoms with Gasteiger partial charge in [0.1, 0.15) is 5.75 Å². The number of pyridine rings is 2. The third-order valence-electron chi connectivity index (χ3n) is 3.27.